The molecule has 0 aliphatic heterocycles. The third-order valence-corrected chi connectivity index (χ3v) is 3.96. The molecule has 0 amide bonds. The van der Waals surface area contributed by atoms with Crippen LogP contribution in [0.15, 0.2) is 25.3 Å². The summed E-state index contributed by atoms with van der Waals surface area (Å²) in [7, 11) is 0. The van der Waals surface area contributed by atoms with E-state index in [1.165, 1.54) is 83.5 Å². The summed E-state index contributed by atoms with van der Waals surface area (Å²) in [6, 6.07) is 0. The fourth-order valence-corrected chi connectivity index (χ4v) is 2.60. The van der Waals surface area contributed by atoms with Gasteiger partial charge in [-0.25, -0.2) is 0 Å². The molecule has 0 aromatic heterocycles. The first-order valence-corrected chi connectivity index (χ1v) is 8.53. The zero-order chi connectivity index (χ0) is 14.2. The van der Waals surface area contributed by atoms with Crippen LogP contribution in [0.4, 0.5) is 0 Å². The molecule has 0 N–H and O–H groups in total. The van der Waals surface area contributed by atoms with Gasteiger partial charge in [0.05, 0.1) is 0 Å². The lowest BCUT2D eigenvalue weighted by Gasteiger charge is -2.10. The molecule has 0 heterocycles. The summed E-state index contributed by atoms with van der Waals surface area (Å²) in [5.74, 6) is 0.916. The number of rotatable bonds is 15. The molecule has 0 bridgehead atoms. The summed E-state index contributed by atoms with van der Waals surface area (Å²) in [5, 5.41) is 0. The van der Waals surface area contributed by atoms with Gasteiger partial charge in [-0.1, -0.05) is 76.9 Å². The first-order valence-electron chi connectivity index (χ1n) is 8.53. The Kier molecular flexibility index (Phi) is 15.1. The molecule has 0 spiro atoms. The highest BCUT2D eigenvalue weighted by Crippen LogP contribution is 2.17. The summed E-state index contributed by atoms with van der Waals surface area (Å²) >= 11 is 0. The van der Waals surface area contributed by atoms with Crippen molar-refractivity contribution in [1.29, 1.82) is 0 Å². The van der Waals surface area contributed by atoms with Gasteiger partial charge in [0, 0.05) is 0 Å². The molecule has 0 radical (unpaired) electrons. The molecule has 0 aromatic rings. The van der Waals surface area contributed by atoms with Crippen LogP contribution < -0.4 is 0 Å². The monoisotopic (exact) mass is 264 g/mol. The summed E-state index contributed by atoms with van der Waals surface area (Å²) < 4.78 is 0. The Morgan fingerprint density at radius 1 is 0.632 bits per heavy atom. The van der Waals surface area contributed by atoms with Gasteiger partial charge in [0.15, 0.2) is 0 Å². The standard InChI is InChI=1S/C19H36/c1-4-6-8-9-10-11-12-13-14-16-18-19(3)17-15-7-5-2/h4-5,19H,1-2,6-18H2,3H3. The second kappa shape index (κ2) is 15.5. The van der Waals surface area contributed by atoms with Crippen molar-refractivity contribution in [2.75, 3.05) is 0 Å². The van der Waals surface area contributed by atoms with E-state index in [4.69, 9.17) is 0 Å². The lowest BCUT2D eigenvalue weighted by Crippen LogP contribution is -1.94. The fraction of sp³-hybridized carbons (Fsp3) is 0.789. The van der Waals surface area contributed by atoms with E-state index in [1.807, 2.05) is 12.2 Å². The number of allylic oxidation sites excluding steroid dienone is 2. The third-order valence-electron chi connectivity index (χ3n) is 3.96. The maximum atomic E-state index is 3.78. The molecule has 19 heavy (non-hydrogen) atoms. The Balaban J connectivity index is 3.09. The molecule has 1 unspecified atom stereocenters. The van der Waals surface area contributed by atoms with E-state index in [-0.39, 0.29) is 0 Å². The normalized spacial score (nSPS) is 12.3. The predicted octanol–water partition coefficient (Wildman–Crippen LogP) is 7.07. The maximum absolute atomic E-state index is 3.78. The average molecular weight is 264 g/mol. The van der Waals surface area contributed by atoms with Gasteiger partial charge in [0.2, 0.25) is 0 Å². The van der Waals surface area contributed by atoms with E-state index < -0.39 is 0 Å². The smallest absolute Gasteiger partial charge is 0.0353 e. The van der Waals surface area contributed by atoms with Crippen molar-refractivity contribution in [3.63, 3.8) is 0 Å². The third kappa shape index (κ3) is 15.4. The molecule has 112 valence electrons. The summed E-state index contributed by atoms with van der Waals surface area (Å²) in [6.07, 6.45) is 22.0. The Morgan fingerprint density at radius 2 is 1.05 bits per heavy atom. The topological polar surface area (TPSA) is 0 Å². The largest absolute Gasteiger partial charge is 0.103 e. The molecular weight excluding hydrogens is 228 g/mol. The minimum atomic E-state index is 0.916. The van der Waals surface area contributed by atoms with Crippen LogP contribution in [-0.2, 0) is 0 Å². The van der Waals surface area contributed by atoms with Gasteiger partial charge in [0.25, 0.3) is 0 Å². The highest BCUT2D eigenvalue weighted by Gasteiger charge is 2.01. The first kappa shape index (κ1) is 18.5. The number of hydrogen-bond acceptors (Lipinski definition) is 0. The maximum Gasteiger partial charge on any atom is -0.0353 e. The van der Waals surface area contributed by atoms with Crippen molar-refractivity contribution in [2.45, 2.75) is 90.4 Å². The van der Waals surface area contributed by atoms with E-state index in [0.29, 0.717) is 0 Å². The molecule has 0 rings (SSSR count). The van der Waals surface area contributed by atoms with Crippen molar-refractivity contribution in [3.8, 4) is 0 Å². The zero-order valence-electron chi connectivity index (χ0n) is 13.3. The quantitative estimate of drug-likeness (QED) is 0.219. The van der Waals surface area contributed by atoms with E-state index in [2.05, 4.69) is 20.1 Å². The molecule has 0 fully saturated rings. The lowest BCUT2D eigenvalue weighted by atomic mass is 9.96. The molecule has 0 saturated carbocycles. The van der Waals surface area contributed by atoms with Crippen LogP contribution in [-0.4, -0.2) is 0 Å². The second-order valence-corrected chi connectivity index (χ2v) is 6.02. The van der Waals surface area contributed by atoms with Gasteiger partial charge < -0.3 is 0 Å². The van der Waals surface area contributed by atoms with Crippen LogP contribution in [0, 0.1) is 5.92 Å². The zero-order valence-corrected chi connectivity index (χ0v) is 13.3. The van der Waals surface area contributed by atoms with Gasteiger partial charge in [-0.2, -0.15) is 0 Å². The van der Waals surface area contributed by atoms with Crippen LogP contribution in [0.1, 0.15) is 90.4 Å². The van der Waals surface area contributed by atoms with E-state index in [0.717, 1.165) is 5.92 Å². The van der Waals surface area contributed by atoms with Gasteiger partial charge in [-0.3, -0.25) is 0 Å². The molecule has 0 aliphatic carbocycles. The molecule has 0 nitrogen and oxygen atoms in total. The van der Waals surface area contributed by atoms with E-state index in [9.17, 15) is 0 Å². The minimum Gasteiger partial charge on any atom is -0.103 e. The highest BCUT2D eigenvalue weighted by atomic mass is 14.1. The Labute approximate surface area is 122 Å². The predicted molar refractivity (Wildman–Crippen MR) is 89.6 cm³/mol. The van der Waals surface area contributed by atoms with Gasteiger partial charge >= 0.3 is 0 Å². The van der Waals surface area contributed by atoms with Crippen LogP contribution in [0.5, 0.6) is 0 Å². The first-order chi connectivity index (χ1) is 9.31. The van der Waals surface area contributed by atoms with Crippen LogP contribution in [0.2, 0.25) is 0 Å². The fourth-order valence-electron chi connectivity index (χ4n) is 2.60. The minimum absolute atomic E-state index is 0.916. The summed E-state index contributed by atoms with van der Waals surface area (Å²) in [6.45, 7) is 9.95. The lowest BCUT2D eigenvalue weighted by molar-refractivity contribution is 0.444. The molecule has 0 aromatic carbocycles. The average Bonchev–Trinajstić information content (AvgIpc) is 2.41. The van der Waals surface area contributed by atoms with Crippen LogP contribution >= 0.6 is 0 Å². The van der Waals surface area contributed by atoms with Crippen molar-refractivity contribution < 1.29 is 0 Å². The molecule has 0 saturated heterocycles. The second-order valence-electron chi connectivity index (χ2n) is 6.02. The SMILES string of the molecule is C=CCCCCCCCCCCC(C)CCCC=C. The summed E-state index contributed by atoms with van der Waals surface area (Å²) in [4.78, 5) is 0. The van der Waals surface area contributed by atoms with Crippen molar-refractivity contribution in [1.82, 2.24) is 0 Å². The van der Waals surface area contributed by atoms with Crippen molar-refractivity contribution in [3.05, 3.63) is 25.3 Å². The number of hydrogen-bond donors (Lipinski definition) is 0. The van der Waals surface area contributed by atoms with Gasteiger partial charge in [-0.05, 0) is 31.6 Å². The van der Waals surface area contributed by atoms with E-state index >= 15 is 0 Å². The van der Waals surface area contributed by atoms with E-state index in [1.54, 1.807) is 0 Å². The molecule has 0 aliphatic rings. The van der Waals surface area contributed by atoms with Crippen molar-refractivity contribution in [2.24, 2.45) is 5.92 Å². The summed E-state index contributed by atoms with van der Waals surface area (Å²) in [5.41, 5.74) is 0. The van der Waals surface area contributed by atoms with Crippen molar-refractivity contribution >= 4 is 0 Å². The van der Waals surface area contributed by atoms with Crippen LogP contribution in [0.3, 0.4) is 0 Å². The highest BCUT2D eigenvalue weighted by molar-refractivity contribution is 4.67. The Morgan fingerprint density at radius 3 is 1.63 bits per heavy atom. The molecule has 0 heteroatoms. The van der Waals surface area contributed by atoms with Crippen LogP contribution in [0.25, 0.3) is 0 Å². The molecular formula is C19H36. The Bertz CT molecular complexity index is 192. The number of unbranched alkanes of at least 4 members (excludes halogenated alkanes) is 9. The Hall–Kier alpha value is -0.520. The van der Waals surface area contributed by atoms with Gasteiger partial charge in [0.1, 0.15) is 0 Å². The van der Waals surface area contributed by atoms with Gasteiger partial charge in [-0.15, -0.1) is 13.2 Å². The molecule has 1 atom stereocenters.